The maximum atomic E-state index is 5.48. The molecule has 158 valence electrons. The molecule has 0 saturated heterocycles. The van der Waals surface area contributed by atoms with Crippen molar-refractivity contribution in [3.05, 3.63) is 60.6 Å². The second-order valence-electron chi connectivity index (χ2n) is 7.13. The van der Waals surface area contributed by atoms with Gasteiger partial charge in [-0.3, -0.25) is 0 Å². The molecule has 2 aromatic heterocycles. The molecule has 2 heterocycles. The number of anilines is 2. The molecule has 0 bridgehead atoms. The predicted molar refractivity (Wildman–Crippen MR) is 122 cm³/mol. The summed E-state index contributed by atoms with van der Waals surface area (Å²) in [6, 6.07) is 14.0. The van der Waals surface area contributed by atoms with Gasteiger partial charge in [0.05, 0.1) is 12.8 Å². The van der Waals surface area contributed by atoms with Gasteiger partial charge in [-0.05, 0) is 43.8 Å². The van der Waals surface area contributed by atoms with Gasteiger partial charge in [-0.25, -0.2) is 15.0 Å². The minimum absolute atomic E-state index is 0.272. The van der Waals surface area contributed by atoms with Crippen molar-refractivity contribution in [2.75, 3.05) is 44.4 Å². The number of methoxy groups -OCH3 is 1. The number of nitrogens with one attached hydrogen (secondary N) is 3. The van der Waals surface area contributed by atoms with Crippen LogP contribution in [-0.2, 0) is 0 Å². The van der Waals surface area contributed by atoms with Gasteiger partial charge in [0, 0.05) is 36.8 Å². The molecule has 3 rings (SSSR count). The summed E-state index contributed by atoms with van der Waals surface area (Å²) in [6.45, 7) is 4.75. The van der Waals surface area contributed by atoms with E-state index in [1.807, 2.05) is 43.4 Å². The first-order chi connectivity index (χ1) is 14.7. The normalized spacial score (nSPS) is 11.7. The van der Waals surface area contributed by atoms with Crippen LogP contribution >= 0.6 is 0 Å². The van der Waals surface area contributed by atoms with E-state index in [4.69, 9.17) is 4.74 Å². The Bertz CT molecular complexity index is 933. The second-order valence-corrected chi connectivity index (χ2v) is 7.13. The monoisotopic (exact) mass is 406 g/mol. The Morgan fingerprint density at radius 1 is 0.967 bits per heavy atom. The van der Waals surface area contributed by atoms with E-state index in [0.717, 1.165) is 54.7 Å². The van der Waals surface area contributed by atoms with Crippen molar-refractivity contribution in [1.82, 2.24) is 20.3 Å². The lowest BCUT2D eigenvalue weighted by Gasteiger charge is -2.16. The average Bonchev–Trinajstić information content (AvgIpc) is 2.80. The van der Waals surface area contributed by atoms with Gasteiger partial charge in [0.2, 0.25) is 0 Å². The molecule has 0 unspecified atom stereocenters. The molecule has 7 heteroatoms. The zero-order chi connectivity index (χ0) is 21.2. The molecule has 0 aliphatic heterocycles. The van der Waals surface area contributed by atoms with Gasteiger partial charge in [0.15, 0.2) is 0 Å². The molecular formula is C23H30N6O. The Hall–Kier alpha value is -3.19. The van der Waals surface area contributed by atoms with E-state index >= 15 is 0 Å². The van der Waals surface area contributed by atoms with Gasteiger partial charge in [0.25, 0.3) is 0 Å². The molecule has 0 fully saturated rings. The van der Waals surface area contributed by atoms with E-state index in [2.05, 4.69) is 43.9 Å². The smallest absolute Gasteiger partial charge is 0.129 e. The third-order valence-corrected chi connectivity index (χ3v) is 4.89. The van der Waals surface area contributed by atoms with Crippen molar-refractivity contribution in [3.63, 3.8) is 0 Å². The van der Waals surface area contributed by atoms with E-state index < -0.39 is 0 Å². The lowest BCUT2D eigenvalue weighted by atomic mass is 10.00. The third kappa shape index (κ3) is 5.90. The summed E-state index contributed by atoms with van der Waals surface area (Å²) in [6.07, 6.45) is 4.43. The van der Waals surface area contributed by atoms with Crippen molar-refractivity contribution in [2.24, 2.45) is 0 Å². The molecule has 7 nitrogen and oxygen atoms in total. The van der Waals surface area contributed by atoms with E-state index in [1.54, 1.807) is 19.6 Å². The molecule has 0 saturated carbocycles. The lowest BCUT2D eigenvalue weighted by molar-refractivity contribution is 0.407. The summed E-state index contributed by atoms with van der Waals surface area (Å²) < 4.78 is 5.48. The van der Waals surface area contributed by atoms with E-state index in [-0.39, 0.29) is 5.92 Å². The van der Waals surface area contributed by atoms with Crippen molar-refractivity contribution >= 4 is 11.6 Å². The Kier molecular flexibility index (Phi) is 7.97. The van der Waals surface area contributed by atoms with Crippen molar-refractivity contribution < 1.29 is 4.74 Å². The van der Waals surface area contributed by atoms with Crippen LogP contribution in [0.2, 0.25) is 0 Å². The van der Waals surface area contributed by atoms with Gasteiger partial charge in [0.1, 0.15) is 23.7 Å². The number of hydrogen-bond acceptors (Lipinski definition) is 7. The first kappa shape index (κ1) is 21.5. The maximum absolute atomic E-state index is 5.48. The number of benzene rings is 1. The van der Waals surface area contributed by atoms with E-state index in [0.29, 0.717) is 0 Å². The van der Waals surface area contributed by atoms with Crippen LogP contribution in [0.15, 0.2) is 55.0 Å². The van der Waals surface area contributed by atoms with E-state index in [9.17, 15) is 0 Å². The number of ether oxygens (including phenoxy) is 1. The summed E-state index contributed by atoms with van der Waals surface area (Å²) in [7, 11) is 3.66. The van der Waals surface area contributed by atoms with Crippen LogP contribution in [0.25, 0.3) is 11.3 Å². The predicted octanol–water partition coefficient (Wildman–Crippen LogP) is 3.78. The number of pyridine rings is 1. The molecule has 1 aromatic carbocycles. The average molecular weight is 407 g/mol. The second kappa shape index (κ2) is 11.1. The van der Waals surface area contributed by atoms with Crippen molar-refractivity contribution in [2.45, 2.75) is 19.3 Å². The van der Waals surface area contributed by atoms with Gasteiger partial charge >= 0.3 is 0 Å². The minimum atomic E-state index is 0.272. The molecule has 30 heavy (non-hydrogen) atoms. The van der Waals surface area contributed by atoms with Crippen LogP contribution in [0.3, 0.4) is 0 Å². The fraction of sp³-hybridized carbons (Fsp3) is 0.348. The Morgan fingerprint density at radius 2 is 1.80 bits per heavy atom. The van der Waals surface area contributed by atoms with Crippen LogP contribution in [-0.4, -0.2) is 48.7 Å². The summed E-state index contributed by atoms with van der Waals surface area (Å²) in [4.78, 5) is 13.2. The number of rotatable bonds is 11. The summed E-state index contributed by atoms with van der Waals surface area (Å²) >= 11 is 0. The molecule has 0 aliphatic rings. The first-order valence-corrected chi connectivity index (χ1v) is 10.2. The molecule has 0 aliphatic carbocycles. The minimum Gasteiger partial charge on any atom is -0.496 e. The zero-order valence-corrected chi connectivity index (χ0v) is 17.9. The molecule has 0 spiro atoms. The van der Waals surface area contributed by atoms with Gasteiger partial charge in [-0.15, -0.1) is 0 Å². The van der Waals surface area contributed by atoms with Crippen LogP contribution in [0, 0.1) is 0 Å². The highest BCUT2D eigenvalue weighted by atomic mass is 16.5. The highest BCUT2D eigenvalue weighted by molar-refractivity contribution is 5.65. The molecule has 3 aromatic rings. The Balaban J connectivity index is 1.65. The van der Waals surface area contributed by atoms with Crippen LogP contribution < -0.4 is 20.7 Å². The topological polar surface area (TPSA) is 84.0 Å². The largest absolute Gasteiger partial charge is 0.496 e. The molecule has 0 radical (unpaired) electrons. The first-order valence-electron chi connectivity index (χ1n) is 10.2. The fourth-order valence-corrected chi connectivity index (χ4v) is 3.22. The molecular weight excluding hydrogens is 376 g/mol. The third-order valence-electron chi connectivity index (χ3n) is 4.89. The van der Waals surface area contributed by atoms with Crippen molar-refractivity contribution in [1.29, 1.82) is 0 Å². The van der Waals surface area contributed by atoms with Crippen LogP contribution in [0.1, 0.15) is 24.8 Å². The van der Waals surface area contributed by atoms with E-state index in [1.165, 1.54) is 5.56 Å². The zero-order valence-electron chi connectivity index (χ0n) is 17.9. The van der Waals surface area contributed by atoms with Gasteiger partial charge in [-0.2, -0.15) is 0 Å². The highest BCUT2D eigenvalue weighted by Crippen LogP contribution is 2.27. The van der Waals surface area contributed by atoms with Gasteiger partial charge in [-0.1, -0.05) is 25.1 Å². The molecule has 0 amide bonds. The fourth-order valence-electron chi connectivity index (χ4n) is 3.22. The number of nitrogens with zero attached hydrogens (tertiary/aromatic N) is 3. The van der Waals surface area contributed by atoms with Gasteiger partial charge < -0.3 is 20.7 Å². The number of hydrogen-bond donors (Lipinski definition) is 3. The molecule has 3 N–H and O–H groups in total. The summed E-state index contributed by atoms with van der Waals surface area (Å²) in [5, 5.41) is 9.92. The number of para-hydroxylation sites is 1. The standard InChI is InChI=1S/C23H30N6O/c1-17(19-7-4-5-8-21(19)30-3)15-27-23-14-20(28-16-29-23)18-9-12-26-22(13-18)25-11-6-10-24-2/h4-5,7-9,12-14,16-17,24H,6,10-11,15H2,1-3H3,(H,25,26)(H,27,28,29)/t17-/m1/s1. The van der Waals surface area contributed by atoms with Crippen molar-refractivity contribution in [3.8, 4) is 17.0 Å². The Morgan fingerprint density at radius 3 is 2.63 bits per heavy atom. The van der Waals surface area contributed by atoms with Crippen LogP contribution in [0.5, 0.6) is 5.75 Å². The lowest BCUT2D eigenvalue weighted by Crippen LogP contribution is -2.13. The quantitative estimate of drug-likeness (QED) is 0.418. The molecule has 1 atom stereocenters. The summed E-state index contributed by atoms with van der Waals surface area (Å²) in [5.41, 5.74) is 3.03. The summed E-state index contributed by atoms with van der Waals surface area (Å²) in [5.74, 6) is 2.82. The Labute approximate surface area is 178 Å². The number of aromatic nitrogens is 3. The maximum Gasteiger partial charge on any atom is 0.129 e. The highest BCUT2D eigenvalue weighted by Gasteiger charge is 2.11. The SMILES string of the molecule is CNCCCNc1cc(-c2cc(NC[C@@H](C)c3ccccc3OC)ncn2)ccn1. The van der Waals surface area contributed by atoms with Crippen LogP contribution in [0.4, 0.5) is 11.6 Å².